The second-order valence-corrected chi connectivity index (χ2v) is 5.10. The molecule has 0 aliphatic rings. The van der Waals surface area contributed by atoms with Gasteiger partial charge in [-0.1, -0.05) is 25.5 Å². The van der Waals surface area contributed by atoms with Crippen LogP contribution in [-0.2, 0) is 6.42 Å². The summed E-state index contributed by atoms with van der Waals surface area (Å²) in [6.07, 6.45) is 8.89. The monoisotopic (exact) mass is 281 g/mol. The van der Waals surface area contributed by atoms with Crippen LogP contribution in [-0.4, -0.2) is 14.4 Å². The minimum absolute atomic E-state index is 0.461. The summed E-state index contributed by atoms with van der Waals surface area (Å²) in [7, 11) is 0. The molecular formula is C16H19N5. The molecule has 0 bridgehead atoms. The molecule has 0 aliphatic carbocycles. The number of fused-ring (bicyclic) bond motifs is 1. The van der Waals surface area contributed by atoms with Crippen molar-refractivity contribution in [2.24, 2.45) is 0 Å². The van der Waals surface area contributed by atoms with Gasteiger partial charge < -0.3 is 15.5 Å². The second kappa shape index (κ2) is 5.83. The van der Waals surface area contributed by atoms with Gasteiger partial charge in [0.2, 0.25) is 0 Å². The molecule has 1 aromatic carbocycles. The fourth-order valence-electron chi connectivity index (χ4n) is 2.31. The van der Waals surface area contributed by atoms with E-state index < -0.39 is 0 Å². The number of anilines is 3. The summed E-state index contributed by atoms with van der Waals surface area (Å²) in [5.74, 6) is 1.13. The lowest BCUT2D eigenvalue weighted by molar-refractivity contribution is 0.795. The highest BCUT2D eigenvalue weighted by molar-refractivity contribution is 5.71. The molecule has 3 rings (SSSR count). The van der Waals surface area contributed by atoms with Gasteiger partial charge in [0, 0.05) is 18.1 Å². The van der Waals surface area contributed by atoms with Gasteiger partial charge >= 0.3 is 0 Å². The van der Waals surface area contributed by atoms with Gasteiger partial charge in [-0.2, -0.15) is 0 Å². The topological polar surface area (TPSA) is 68.2 Å². The van der Waals surface area contributed by atoms with Crippen LogP contribution in [0.25, 0.3) is 5.65 Å². The minimum Gasteiger partial charge on any atom is -0.382 e. The molecule has 3 N–H and O–H groups in total. The number of hydrogen-bond acceptors (Lipinski definition) is 4. The Bertz CT molecular complexity index is 730. The normalized spacial score (nSPS) is 10.9. The predicted octanol–water partition coefficient (Wildman–Crippen LogP) is 3.40. The fraction of sp³-hybridized carbons (Fsp3) is 0.250. The van der Waals surface area contributed by atoms with E-state index in [1.54, 1.807) is 12.4 Å². The maximum atomic E-state index is 5.82. The van der Waals surface area contributed by atoms with Crippen molar-refractivity contribution in [3.8, 4) is 0 Å². The van der Waals surface area contributed by atoms with Crippen LogP contribution >= 0.6 is 0 Å². The number of aromatic nitrogens is 3. The van der Waals surface area contributed by atoms with Crippen molar-refractivity contribution in [3.63, 3.8) is 0 Å². The molecule has 0 atom stereocenters. The second-order valence-electron chi connectivity index (χ2n) is 5.10. The Morgan fingerprint density at radius 2 is 2.05 bits per heavy atom. The summed E-state index contributed by atoms with van der Waals surface area (Å²) in [6, 6.07) is 8.42. The number of aryl methyl sites for hydroxylation is 1. The van der Waals surface area contributed by atoms with E-state index in [1.807, 2.05) is 10.6 Å². The Morgan fingerprint density at radius 1 is 1.24 bits per heavy atom. The number of nitrogens with one attached hydrogen (secondary N) is 1. The van der Waals surface area contributed by atoms with Crippen LogP contribution in [0.5, 0.6) is 0 Å². The first-order chi connectivity index (χ1) is 10.3. The average molecular weight is 281 g/mol. The van der Waals surface area contributed by atoms with E-state index in [0.717, 1.165) is 17.8 Å². The van der Waals surface area contributed by atoms with Crippen molar-refractivity contribution in [2.45, 2.75) is 26.2 Å². The van der Waals surface area contributed by atoms with Crippen LogP contribution in [0.1, 0.15) is 25.3 Å². The Balaban J connectivity index is 1.83. The van der Waals surface area contributed by atoms with Crippen molar-refractivity contribution in [3.05, 3.63) is 48.4 Å². The van der Waals surface area contributed by atoms with Crippen LogP contribution in [0, 0.1) is 0 Å². The van der Waals surface area contributed by atoms with Crippen LogP contribution in [0.15, 0.2) is 42.9 Å². The number of hydrogen-bond donors (Lipinski definition) is 2. The molecule has 0 saturated heterocycles. The molecule has 5 heteroatoms. The van der Waals surface area contributed by atoms with Gasteiger partial charge in [-0.3, -0.25) is 0 Å². The molecule has 3 aromatic rings. The van der Waals surface area contributed by atoms with Gasteiger partial charge in [-0.05, 0) is 30.5 Å². The predicted molar refractivity (Wildman–Crippen MR) is 85.7 cm³/mol. The third kappa shape index (κ3) is 2.97. The van der Waals surface area contributed by atoms with Gasteiger partial charge in [-0.15, -0.1) is 0 Å². The highest BCUT2D eigenvalue weighted by atomic mass is 15.1. The van der Waals surface area contributed by atoms with E-state index in [9.17, 15) is 0 Å². The maximum Gasteiger partial charge on any atom is 0.180 e. The lowest BCUT2D eigenvalue weighted by atomic mass is 10.1. The van der Waals surface area contributed by atoms with E-state index in [1.165, 1.54) is 18.4 Å². The molecule has 2 aromatic heterocycles. The summed E-state index contributed by atoms with van der Waals surface area (Å²) in [6.45, 7) is 2.21. The van der Waals surface area contributed by atoms with Crippen LogP contribution in [0.2, 0.25) is 0 Å². The SMILES string of the molecule is CCCCc1ccc(Nc2nc(N)cn3ccnc23)cc1. The van der Waals surface area contributed by atoms with E-state index in [2.05, 4.69) is 46.5 Å². The van der Waals surface area contributed by atoms with E-state index in [-0.39, 0.29) is 0 Å². The highest BCUT2D eigenvalue weighted by Gasteiger charge is 2.06. The zero-order valence-corrected chi connectivity index (χ0v) is 12.1. The number of benzene rings is 1. The van der Waals surface area contributed by atoms with Crippen molar-refractivity contribution in [2.75, 3.05) is 11.1 Å². The van der Waals surface area contributed by atoms with Crippen LogP contribution < -0.4 is 11.1 Å². The van der Waals surface area contributed by atoms with E-state index in [0.29, 0.717) is 11.6 Å². The number of unbranched alkanes of at least 4 members (excludes halogenated alkanes) is 1. The molecular weight excluding hydrogens is 262 g/mol. The van der Waals surface area contributed by atoms with Crippen molar-refractivity contribution in [1.82, 2.24) is 14.4 Å². The molecule has 2 heterocycles. The summed E-state index contributed by atoms with van der Waals surface area (Å²) >= 11 is 0. The minimum atomic E-state index is 0.461. The lowest BCUT2D eigenvalue weighted by Crippen LogP contribution is -2.02. The molecule has 108 valence electrons. The first kappa shape index (κ1) is 13.4. The Labute approximate surface area is 123 Å². The number of nitrogens with zero attached hydrogens (tertiary/aromatic N) is 3. The average Bonchev–Trinajstić information content (AvgIpc) is 2.95. The van der Waals surface area contributed by atoms with Crippen LogP contribution in [0.4, 0.5) is 17.3 Å². The lowest BCUT2D eigenvalue weighted by Gasteiger charge is -2.09. The third-order valence-corrected chi connectivity index (χ3v) is 3.43. The van der Waals surface area contributed by atoms with Gasteiger partial charge in [0.15, 0.2) is 11.5 Å². The summed E-state index contributed by atoms with van der Waals surface area (Å²) in [4.78, 5) is 8.62. The molecule has 21 heavy (non-hydrogen) atoms. The van der Waals surface area contributed by atoms with Gasteiger partial charge in [-0.25, -0.2) is 9.97 Å². The summed E-state index contributed by atoms with van der Waals surface area (Å²) in [5, 5.41) is 3.28. The molecule has 0 fully saturated rings. The molecule has 5 nitrogen and oxygen atoms in total. The van der Waals surface area contributed by atoms with E-state index >= 15 is 0 Å². The van der Waals surface area contributed by atoms with Gasteiger partial charge in [0.1, 0.15) is 5.82 Å². The van der Waals surface area contributed by atoms with Crippen molar-refractivity contribution in [1.29, 1.82) is 0 Å². The van der Waals surface area contributed by atoms with E-state index in [4.69, 9.17) is 5.73 Å². The zero-order chi connectivity index (χ0) is 14.7. The molecule has 0 radical (unpaired) electrons. The fourth-order valence-corrected chi connectivity index (χ4v) is 2.31. The van der Waals surface area contributed by atoms with Gasteiger partial charge in [0.25, 0.3) is 0 Å². The number of imidazole rings is 1. The Morgan fingerprint density at radius 3 is 2.81 bits per heavy atom. The standard InChI is InChI=1S/C16H19N5/c1-2-3-4-12-5-7-13(8-6-12)19-15-16-18-9-10-21(16)11-14(17)20-15/h5-11H,2-4,17H2,1H3,(H,19,20). The van der Waals surface area contributed by atoms with Crippen molar-refractivity contribution < 1.29 is 0 Å². The first-order valence-corrected chi connectivity index (χ1v) is 7.21. The molecule has 0 spiro atoms. The van der Waals surface area contributed by atoms with Crippen LogP contribution in [0.3, 0.4) is 0 Å². The first-order valence-electron chi connectivity index (χ1n) is 7.21. The number of nitrogen functional groups attached to an aromatic ring is 1. The summed E-state index contributed by atoms with van der Waals surface area (Å²) in [5.41, 5.74) is 8.92. The number of rotatable bonds is 5. The smallest absolute Gasteiger partial charge is 0.180 e. The van der Waals surface area contributed by atoms with Gasteiger partial charge in [0.05, 0.1) is 6.20 Å². The van der Waals surface area contributed by atoms with Crippen molar-refractivity contribution >= 4 is 23.0 Å². The summed E-state index contributed by atoms with van der Waals surface area (Å²) < 4.78 is 1.86. The Kier molecular flexibility index (Phi) is 3.73. The molecule has 0 amide bonds. The quantitative estimate of drug-likeness (QED) is 0.752. The molecule has 0 aliphatic heterocycles. The maximum absolute atomic E-state index is 5.82. The largest absolute Gasteiger partial charge is 0.382 e. The molecule has 0 unspecified atom stereocenters. The Hall–Kier alpha value is -2.56. The number of nitrogens with two attached hydrogens (primary N) is 1. The molecule has 0 saturated carbocycles. The zero-order valence-electron chi connectivity index (χ0n) is 12.1. The highest BCUT2D eigenvalue weighted by Crippen LogP contribution is 2.20. The third-order valence-electron chi connectivity index (χ3n) is 3.43.